The highest BCUT2D eigenvalue weighted by molar-refractivity contribution is 6.39. The zero-order valence-corrected chi connectivity index (χ0v) is 17.0. The van der Waals surface area contributed by atoms with Crippen molar-refractivity contribution < 1.29 is 29.2 Å². The molecule has 0 spiro atoms. The van der Waals surface area contributed by atoms with E-state index in [-0.39, 0.29) is 17.9 Å². The van der Waals surface area contributed by atoms with E-state index >= 15 is 0 Å². The summed E-state index contributed by atoms with van der Waals surface area (Å²) in [5, 5.41) is 23.4. The predicted molar refractivity (Wildman–Crippen MR) is 111 cm³/mol. The molecule has 1 fully saturated rings. The Morgan fingerprint density at radius 3 is 2.58 bits per heavy atom. The number of aromatic hydroxyl groups is 1. The fraction of sp³-hybridized carbons (Fsp3) is 0.190. The second-order valence-electron chi connectivity index (χ2n) is 6.75. The van der Waals surface area contributed by atoms with Crippen LogP contribution < -0.4 is 15.0 Å². The summed E-state index contributed by atoms with van der Waals surface area (Å²) in [5.41, 5.74) is 0.857. The molecule has 1 aliphatic heterocycles. The minimum absolute atomic E-state index is 0.0710. The zero-order valence-electron chi connectivity index (χ0n) is 17.0. The maximum Gasteiger partial charge on any atom is 0.335 e. The SMILES string of the molecule is CCOc1cc(/C=C2\C(=O)NC(=O)N(c3cccc(C)c3C)C2=O)cc([N+](=O)[O-])c1O. The molecule has 10 heteroatoms. The first kappa shape index (κ1) is 21.5. The van der Waals surface area contributed by atoms with Gasteiger partial charge in [-0.1, -0.05) is 12.1 Å². The van der Waals surface area contributed by atoms with E-state index in [9.17, 15) is 29.6 Å². The maximum atomic E-state index is 13.1. The lowest BCUT2D eigenvalue weighted by Crippen LogP contribution is -2.54. The topological polar surface area (TPSA) is 139 Å². The number of anilines is 1. The molecule has 0 aromatic heterocycles. The number of rotatable bonds is 5. The number of nitro benzene ring substituents is 1. The summed E-state index contributed by atoms with van der Waals surface area (Å²) < 4.78 is 5.21. The molecule has 1 saturated heterocycles. The first-order valence-electron chi connectivity index (χ1n) is 9.27. The maximum absolute atomic E-state index is 13.1. The molecule has 31 heavy (non-hydrogen) atoms. The highest BCUT2D eigenvalue weighted by Gasteiger charge is 2.37. The monoisotopic (exact) mass is 425 g/mol. The third kappa shape index (κ3) is 3.95. The Balaban J connectivity index is 2.12. The molecule has 0 radical (unpaired) electrons. The Hall–Kier alpha value is -4.21. The fourth-order valence-electron chi connectivity index (χ4n) is 3.12. The molecule has 1 heterocycles. The van der Waals surface area contributed by atoms with Gasteiger partial charge in [-0.05, 0) is 55.7 Å². The number of phenolic OH excluding ortho intramolecular Hbond substituents is 1. The quantitative estimate of drug-likeness (QED) is 0.325. The number of carbonyl (C=O) groups excluding carboxylic acids is 3. The van der Waals surface area contributed by atoms with Crippen molar-refractivity contribution in [3.8, 4) is 11.5 Å². The van der Waals surface area contributed by atoms with Gasteiger partial charge in [0.2, 0.25) is 5.75 Å². The van der Waals surface area contributed by atoms with Crippen LogP contribution in [0.4, 0.5) is 16.2 Å². The molecule has 1 aliphatic rings. The van der Waals surface area contributed by atoms with Crippen LogP contribution >= 0.6 is 0 Å². The first-order chi connectivity index (χ1) is 14.6. The van der Waals surface area contributed by atoms with E-state index in [0.29, 0.717) is 11.3 Å². The van der Waals surface area contributed by atoms with Crippen LogP contribution in [0, 0.1) is 24.0 Å². The van der Waals surface area contributed by atoms with Crippen molar-refractivity contribution >= 4 is 35.3 Å². The number of aryl methyl sites for hydroxylation is 1. The largest absolute Gasteiger partial charge is 0.500 e. The minimum atomic E-state index is -0.940. The molecule has 2 N–H and O–H groups in total. The summed E-state index contributed by atoms with van der Waals surface area (Å²) in [6, 6.07) is 6.44. The highest BCUT2D eigenvalue weighted by atomic mass is 16.6. The van der Waals surface area contributed by atoms with E-state index in [1.165, 1.54) is 6.07 Å². The molecule has 0 bridgehead atoms. The Morgan fingerprint density at radius 2 is 1.94 bits per heavy atom. The average Bonchev–Trinajstić information content (AvgIpc) is 2.70. The number of hydrogen-bond donors (Lipinski definition) is 2. The van der Waals surface area contributed by atoms with Crippen molar-refractivity contribution in [2.45, 2.75) is 20.8 Å². The lowest BCUT2D eigenvalue weighted by atomic mass is 10.0. The third-order valence-corrected chi connectivity index (χ3v) is 4.80. The van der Waals surface area contributed by atoms with Crippen LogP contribution in [0.3, 0.4) is 0 Å². The standard InChI is InChI=1S/C21H19N3O7/c1-4-31-17-10-13(9-16(18(17)25)24(29)30)8-14-19(26)22-21(28)23(20(14)27)15-7-5-6-11(2)12(15)3/h5-10,25H,4H2,1-3H3,(H,22,26,28)/b14-8+. The third-order valence-electron chi connectivity index (χ3n) is 4.80. The number of benzene rings is 2. The number of nitrogens with zero attached hydrogens (tertiary/aromatic N) is 2. The number of carbonyl (C=O) groups is 3. The zero-order chi connectivity index (χ0) is 22.9. The van der Waals surface area contributed by atoms with Crippen LogP contribution in [-0.2, 0) is 9.59 Å². The van der Waals surface area contributed by atoms with Gasteiger partial charge in [-0.2, -0.15) is 0 Å². The van der Waals surface area contributed by atoms with E-state index in [2.05, 4.69) is 5.32 Å². The second-order valence-corrected chi connectivity index (χ2v) is 6.75. The van der Waals surface area contributed by atoms with Gasteiger partial charge in [0.1, 0.15) is 5.57 Å². The lowest BCUT2D eigenvalue weighted by molar-refractivity contribution is -0.386. The number of phenols is 1. The number of barbiturate groups is 1. The summed E-state index contributed by atoms with van der Waals surface area (Å²) in [6.45, 7) is 5.31. The molecular weight excluding hydrogens is 406 g/mol. The molecular formula is C21H19N3O7. The summed E-state index contributed by atoms with van der Waals surface area (Å²) in [6.07, 6.45) is 1.11. The Bertz CT molecular complexity index is 1150. The van der Waals surface area contributed by atoms with Gasteiger partial charge in [-0.15, -0.1) is 0 Å². The number of nitrogens with one attached hydrogen (secondary N) is 1. The van der Waals surface area contributed by atoms with Crippen molar-refractivity contribution in [2.75, 3.05) is 11.5 Å². The van der Waals surface area contributed by atoms with Crippen LogP contribution in [0.2, 0.25) is 0 Å². The van der Waals surface area contributed by atoms with Gasteiger partial charge in [0.15, 0.2) is 5.75 Å². The van der Waals surface area contributed by atoms with Gasteiger partial charge in [-0.3, -0.25) is 25.0 Å². The molecule has 10 nitrogen and oxygen atoms in total. The number of imide groups is 2. The summed E-state index contributed by atoms with van der Waals surface area (Å²) in [4.78, 5) is 49.2. The number of nitro groups is 1. The van der Waals surface area contributed by atoms with Gasteiger partial charge in [0.25, 0.3) is 11.8 Å². The number of urea groups is 1. The highest BCUT2D eigenvalue weighted by Crippen LogP contribution is 2.38. The van der Waals surface area contributed by atoms with Crippen LogP contribution in [0.15, 0.2) is 35.9 Å². The summed E-state index contributed by atoms with van der Waals surface area (Å²) >= 11 is 0. The van der Waals surface area contributed by atoms with Crippen molar-refractivity contribution in [3.05, 3.63) is 62.7 Å². The van der Waals surface area contributed by atoms with Gasteiger partial charge in [0.05, 0.1) is 17.2 Å². The summed E-state index contributed by atoms with van der Waals surface area (Å²) in [5.74, 6) is -2.66. The van der Waals surface area contributed by atoms with Crippen molar-refractivity contribution in [3.63, 3.8) is 0 Å². The average molecular weight is 425 g/mol. The molecule has 0 saturated carbocycles. The van der Waals surface area contributed by atoms with Gasteiger partial charge in [0, 0.05) is 6.07 Å². The molecule has 160 valence electrons. The Labute approximate surface area is 176 Å². The number of amides is 4. The van der Waals surface area contributed by atoms with Gasteiger partial charge in [-0.25, -0.2) is 9.69 Å². The van der Waals surface area contributed by atoms with E-state index in [1.807, 2.05) is 13.0 Å². The number of ether oxygens (including phenoxy) is 1. The smallest absolute Gasteiger partial charge is 0.335 e. The molecule has 4 amide bonds. The van der Waals surface area contributed by atoms with Crippen LogP contribution in [0.1, 0.15) is 23.6 Å². The van der Waals surface area contributed by atoms with Crippen molar-refractivity contribution in [2.24, 2.45) is 0 Å². The van der Waals surface area contributed by atoms with Crippen LogP contribution in [-0.4, -0.2) is 34.5 Å². The van der Waals surface area contributed by atoms with Gasteiger partial charge >= 0.3 is 11.7 Å². The molecule has 2 aromatic carbocycles. The van der Waals surface area contributed by atoms with E-state index in [1.54, 1.807) is 26.0 Å². The van der Waals surface area contributed by atoms with Crippen molar-refractivity contribution in [1.82, 2.24) is 5.32 Å². The number of hydrogen-bond acceptors (Lipinski definition) is 7. The fourth-order valence-corrected chi connectivity index (χ4v) is 3.12. The van der Waals surface area contributed by atoms with Gasteiger partial charge < -0.3 is 9.84 Å². The minimum Gasteiger partial charge on any atom is -0.500 e. The molecule has 2 aromatic rings. The van der Waals surface area contributed by atoms with E-state index in [4.69, 9.17) is 4.74 Å². The summed E-state index contributed by atoms with van der Waals surface area (Å²) in [7, 11) is 0. The first-order valence-corrected chi connectivity index (χ1v) is 9.27. The van der Waals surface area contributed by atoms with Crippen LogP contribution in [0.5, 0.6) is 11.5 Å². The second kappa shape index (κ2) is 8.27. The Morgan fingerprint density at radius 1 is 1.23 bits per heavy atom. The van der Waals surface area contributed by atoms with Crippen molar-refractivity contribution in [1.29, 1.82) is 0 Å². The lowest BCUT2D eigenvalue weighted by Gasteiger charge is -2.28. The van der Waals surface area contributed by atoms with E-state index < -0.39 is 39.8 Å². The Kier molecular flexibility index (Phi) is 5.73. The normalized spacial score (nSPS) is 15.3. The van der Waals surface area contributed by atoms with Crippen LogP contribution in [0.25, 0.3) is 6.08 Å². The molecule has 3 rings (SSSR count). The van der Waals surface area contributed by atoms with E-state index in [0.717, 1.165) is 22.6 Å². The molecule has 0 aliphatic carbocycles. The molecule has 0 atom stereocenters. The molecule has 0 unspecified atom stereocenters. The predicted octanol–water partition coefficient (Wildman–Crippen LogP) is 2.98.